The second kappa shape index (κ2) is 8.72. The highest BCUT2D eigenvalue weighted by molar-refractivity contribution is 6.01. The number of aryl methyl sites for hydroxylation is 1. The molecule has 2 N–H and O–H groups in total. The minimum atomic E-state index is -0.623. The highest BCUT2D eigenvalue weighted by atomic mass is 16.5. The molecule has 6 rings (SSSR count). The zero-order valence-corrected chi connectivity index (χ0v) is 20.1. The molecule has 6 nitrogen and oxygen atoms in total. The lowest BCUT2D eigenvalue weighted by Gasteiger charge is -2.29. The fourth-order valence-electron chi connectivity index (χ4n) is 5.30. The maximum absolute atomic E-state index is 13.8. The third-order valence-electron chi connectivity index (χ3n) is 7.16. The number of anilines is 2. The third kappa shape index (κ3) is 3.75. The van der Waals surface area contributed by atoms with Gasteiger partial charge in [0.2, 0.25) is 0 Å². The number of Topliss-reactive ketones (excluding diaryl/α,β-unsaturated/α-hetero) is 1. The number of ketones is 1. The molecule has 1 aromatic heterocycles. The number of rotatable bonds is 3. The largest absolute Gasteiger partial charge is 0.497 e. The number of carbonyl (C=O) groups excluding carboxylic acids is 1. The Labute approximate surface area is 208 Å². The number of ether oxygens (including phenoxy) is 1. The van der Waals surface area contributed by atoms with Crippen molar-refractivity contribution in [2.45, 2.75) is 31.7 Å². The van der Waals surface area contributed by atoms with Gasteiger partial charge >= 0.3 is 0 Å². The molecule has 0 saturated carbocycles. The van der Waals surface area contributed by atoms with E-state index in [1.54, 1.807) is 7.11 Å². The second-order valence-electron chi connectivity index (χ2n) is 9.46. The van der Waals surface area contributed by atoms with Crippen LogP contribution in [0.25, 0.3) is 11.0 Å². The summed E-state index contributed by atoms with van der Waals surface area (Å²) in [6.07, 6.45) is 2.51. The van der Waals surface area contributed by atoms with Crippen molar-refractivity contribution in [1.82, 2.24) is 0 Å². The molecule has 1 aliphatic carbocycles. The predicted molar refractivity (Wildman–Crippen MR) is 141 cm³/mol. The molecule has 0 fully saturated rings. The summed E-state index contributed by atoms with van der Waals surface area (Å²) in [6.45, 7) is 1.94. The predicted octanol–water partition coefficient (Wildman–Crippen LogP) is 6.09. The number of hydrogen-bond acceptors (Lipinski definition) is 6. The fourth-order valence-corrected chi connectivity index (χ4v) is 5.30. The van der Waals surface area contributed by atoms with Gasteiger partial charge in [0.1, 0.15) is 17.6 Å². The lowest BCUT2D eigenvalue weighted by atomic mass is 9.78. The van der Waals surface area contributed by atoms with Crippen LogP contribution in [0.5, 0.6) is 5.75 Å². The van der Waals surface area contributed by atoms with E-state index in [0.717, 1.165) is 33.9 Å². The monoisotopic (exact) mass is 478 g/mol. The SMILES string of the molecule is COc1ccc([C@H]2CC(=O)C3=C(C2)Nc2ccccc2N[C@H]3c2coc3ccc(C)cc3c2=O)cc1. The van der Waals surface area contributed by atoms with Crippen molar-refractivity contribution in [1.29, 1.82) is 0 Å². The Balaban J connectivity index is 1.49. The van der Waals surface area contributed by atoms with Crippen LogP contribution in [0.2, 0.25) is 0 Å². The molecule has 6 heteroatoms. The van der Waals surface area contributed by atoms with E-state index in [-0.39, 0.29) is 17.1 Å². The van der Waals surface area contributed by atoms with E-state index in [1.165, 1.54) is 6.26 Å². The molecule has 2 heterocycles. The molecule has 3 aromatic carbocycles. The number of hydrogen-bond donors (Lipinski definition) is 2. The highest BCUT2D eigenvalue weighted by Gasteiger charge is 2.37. The lowest BCUT2D eigenvalue weighted by molar-refractivity contribution is -0.116. The van der Waals surface area contributed by atoms with Crippen LogP contribution < -0.4 is 20.8 Å². The quantitative estimate of drug-likeness (QED) is 0.371. The minimum absolute atomic E-state index is 0.0126. The van der Waals surface area contributed by atoms with Crippen molar-refractivity contribution in [2.24, 2.45) is 0 Å². The van der Waals surface area contributed by atoms with Crippen LogP contribution >= 0.6 is 0 Å². The van der Waals surface area contributed by atoms with Crippen molar-refractivity contribution in [2.75, 3.05) is 17.7 Å². The molecule has 0 bridgehead atoms. The van der Waals surface area contributed by atoms with Crippen LogP contribution in [-0.4, -0.2) is 12.9 Å². The summed E-state index contributed by atoms with van der Waals surface area (Å²) in [4.78, 5) is 27.4. The van der Waals surface area contributed by atoms with Crippen molar-refractivity contribution in [3.63, 3.8) is 0 Å². The van der Waals surface area contributed by atoms with Crippen molar-refractivity contribution < 1.29 is 13.9 Å². The maximum atomic E-state index is 13.8. The number of benzene rings is 3. The van der Waals surface area contributed by atoms with Gasteiger partial charge in [-0.2, -0.15) is 0 Å². The van der Waals surface area contributed by atoms with E-state index in [4.69, 9.17) is 9.15 Å². The first-order valence-corrected chi connectivity index (χ1v) is 12.1. The third-order valence-corrected chi connectivity index (χ3v) is 7.16. The highest BCUT2D eigenvalue weighted by Crippen LogP contribution is 2.44. The molecule has 0 saturated heterocycles. The van der Waals surface area contributed by atoms with E-state index in [9.17, 15) is 9.59 Å². The summed E-state index contributed by atoms with van der Waals surface area (Å²) in [7, 11) is 1.64. The minimum Gasteiger partial charge on any atom is -0.497 e. The molecular formula is C30H26N2O4. The zero-order chi connectivity index (χ0) is 24.8. The van der Waals surface area contributed by atoms with Gasteiger partial charge in [-0.1, -0.05) is 35.9 Å². The molecular weight excluding hydrogens is 452 g/mol. The fraction of sp³-hybridized carbons (Fsp3) is 0.200. The Morgan fingerprint density at radius 3 is 2.50 bits per heavy atom. The summed E-state index contributed by atoms with van der Waals surface area (Å²) in [6, 6.07) is 20.6. The number of carbonyl (C=O) groups is 1. The smallest absolute Gasteiger partial charge is 0.198 e. The Kier molecular flexibility index (Phi) is 5.37. The molecule has 2 aliphatic rings. The van der Waals surface area contributed by atoms with Gasteiger partial charge in [0.05, 0.1) is 35.5 Å². The van der Waals surface area contributed by atoms with Crippen molar-refractivity contribution in [3.8, 4) is 5.75 Å². The van der Waals surface area contributed by atoms with Gasteiger partial charge < -0.3 is 19.8 Å². The molecule has 180 valence electrons. The maximum Gasteiger partial charge on any atom is 0.198 e. The van der Waals surface area contributed by atoms with E-state index >= 15 is 0 Å². The van der Waals surface area contributed by atoms with Gasteiger partial charge in [-0.05, 0) is 61.2 Å². The first kappa shape index (κ1) is 22.2. The summed E-state index contributed by atoms with van der Waals surface area (Å²) in [5.41, 5.74) is 6.01. The standard InChI is InChI=1S/C30H26N2O4/c1-17-7-12-27-21(13-17)30(34)22(16-36-27)29-28-25(31-23-5-3-4-6-24(23)32-29)14-19(15-26(28)33)18-8-10-20(35-2)11-9-18/h3-13,16,19,29,31-32H,14-15H2,1-2H3/t19-,29+/m1/s1. The van der Waals surface area contributed by atoms with Crippen LogP contribution in [0.15, 0.2) is 93.5 Å². The van der Waals surface area contributed by atoms with Crippen LogP contribution in [0.4, 0.5) is 11.4 Å². The number of fused-ring (bicyclic) bond motifs is 2. The molecule has 36 heavy (non-hydrogen) atoms. The number of methoxy groups -OCH3 is 1. The average Bonchev–Trinajstić information content (AvgIpc) is 3.06. The molecule has 0 radical (unpaired) electrons. The summed E-state index contributed by atoms with van der Waals surface area (Å²) >= 11 is 0. The lowest BCUT2D eigenvalue weighted by Crippen LogP contribution is -2.29. The summed E-state index contributed by atoms with van der Waals surface area (Å²) < 4.78 is 11.2. The molecule has 4 aromatic rings. The topological polar surface area (TPSA) is 80.6 Å². The number of nitrogens with one attached hydrogen (secondary N) is 2. The molecule has 0 amide bonds. The van der Waals surface area contributed by atoms with E-state index < -0.39 is 6.04 Å². The first-order valence-electron chi connectivity index (χ1n) is 12.1. The Morgan fingerprint density at radius 2 is 1.72 bits per heavy atom. The van der Waals surface area contributed by atoms with E-state index in [2.05, 4.69) is 10.6 Å². The Hall–Kier alpha value is -4.32. The van der Waals surface area contributed by atoms with Crippen molar-refractivity contribution in [3.05, 3.63) is 111 Å². The zero-order valence-electron chi connectivity index (χ0n) is 20.1. The number of allylic oxidation sites excluding steroid dienone is 1. The van der Waals surface area contributed by atoms with Gasteiger partial charge in [-0.15, -0.1) is 0 Å². The van der Waals surface area contributed by atoms with Crippen LogP contribution in [0, 0.1) is 6.92 Å². The van der Waals surface area contributed by atoms with Gasteiger partial charge in [0, 0.05) is 17.7 Å². The Bertz CT molecular complexity index is 1580. The van der Waals surface area contributed by atoms with Crippen molar-refractivity contribution >= 4 is 28.1 Å². The van der Waals surface area contributed by atoms with Gasteiger partial charge in [0.15, 0.2) is 11.2 Å². The van der Waals surface area contributed by atoms with E-state index in [1.807, 2.05) is 73.7 Å². The molecule has 1 aliphatic heterocycles. The van der Waals surface area contributed by atoms with Crippen LogP contribution in [-0.2, 0) is 4.79 Å². The summed E-state index contributed by atoms with van der Waals surface area (Å²) in [5, 5.41) is 7.51. The number of para-hydroxylation sites is 2. The molecule has 2 atom stereocenters. The molecule has 0 unspecified atom stereocenters. The molecule has 0 spiro atoms. The van der Waals surface area contributed by atoms with E-state index in [0.29, 0.717) is 34.9 Å². The summed E-state index contributed by atoms with van der Waals surface area (Å²) in [5.74, 6) is 0.819. The first-order chi connectivity index (χ1) is 17.5. The van der Waals surface area contributed by atoms with Gasteiger partial charge in [-0.3, -0.25) is 9.59 Å². The van der Waals surface area contributed by atoms with Gasteiger partial charge in [-0.25, -0.2) is 0 Å². The second-order valence-corrected chi connectivity index (χ2v) is 9.46. The van der Waals surface area contributed by atoms with Crippen LogP contribution in [0.1, 0.15) is 41.5 Å². The van der Waals surface area contributed by atoms with Gasteiger partial charge in [0.25, 0.3) is 0 Å². The van der Waals surface area contributed by atoms with Crippen LogP contribution in [0.3, 0.4) is 0 Å². The average molecular weight is 479 g/mol. The Morgan fingerprint density at radius 1 is 0.944 bits per heavy atom. The normalized spacial score (nSPS) is 19.1.